The Morgan fingerprint density at radius 3 is 2.73 bits per heavy atom. The average Bonchev–Trinajstić information content (AvgIpc) is 3.28. The summed E-state index contributed by atoms with van der Waals surface area (Å²) in [6.07, 6.45) is 2.08. The maximum atomic E-state index is 12.4. The summed E-state index contributed by atoms with van der Waals surface area (Å²) in [5, 5.41) is 10.4. The SMILES string of the molecule is C=NN=C1SC(CC(=O)Nc2ccccc2)C(=O)N1C1CC1. The predicted octanol–water partition coefficient (Wildman–Crippen LogP) is 2.09. The fourth-order valence-corrected chi connectivity index (χ4v) is 3.48. The van der Waals surface area contributed by atoms with Crippen LogP contribution < -0.4 is 5.32 Å². The molecule has 1 saturated heterocycles. The van der Waals surface area contributed by atoms with E-state index in [-0.39, 0.29) is 24.3 Å². The highest BCUT2D eigenvalue weighted by molar-refractivity contribution is 8.15. The van der Waals surface area contributed by atoms with Gasteiger partial charge in [-0.25, -0.2) is 0 Å². The maximum Gasteiger partial charge on any atom is 0.242 e. The molecule has 1 aliphatic carbocycles. The lowest BCUT2D eigenvalue weighted by Gasteiger charge is -2.14. The van der Waals surface area contributed by atoms with E-state index in [4.69, 9.17) is 0 Å². The summed E-state index contributed by atoms with van der Waals surface area (Å²) in [4.78, 5) is 26.2. The second-order valence-electron chi connectivity index (χ2n) is 5.19. The molecule has 1 atom stereocenters. The van der Waals surface area contributed by atoms with Gasteiger partial charge in [-0.3, -0.25) is 14.5 Å². The average molecular weight is 316 g/mol. The van der Waals surface area contributed by atoms with Gasteiger partial charge in [0, 0.05) is 24.9 Å². The molecule has 1 unspecified atom stereocenters. The number of carbonyl (C=O) groups excluding carboxylic acids is 2. The predicted molar refractivity (Wildman–Crippen MR) is 87.9 cm³/mol. The van der Waals surface area contributed by atoms with E-state index in [2.05, 4.69) is 22.2 Å². The van der Waals surface area contributed by atoms with E-state index in [1.165, 1.54) is 11.8 Å². The lowest BCUT2D eigenvalue weighted by atomic mass is 10.2. The Labute approximate surface area is 132 Å². The van der Waals surface area contributed by atoms with Gasteiger partial charge in [-0.2, -0.15) is 5.10 Å². The number of amides is 2. The molecule has 22 heavy (non-hydrogen) atoms. The summed E-state index contributed by atoms with van der Waals surface area (Å²) in [6, 6.07) is 9.41. The van der Waals surface area contributed by atoms with Crippen LogP contribution in [0.2, 0.25) is 0 Å². The molecule has 1 aromatic carbocycles. The highest BCUT2D eigenvalue weighted by Gasteiger charge is 2.46. The molecular formula is C15H16N4O2S. The van der Waals surface area contributed by atoms with Crippen LogP contribution in [0, 0.1) is 0 Å². The summed E-state index contributed by atoms with van der Waals surface area (Å²) in [6.45, 7) is 3.34. The number of rotatable bonds is 5. The van der Waals surface area contributed by atoms with E-state index < -0.39 is 5.25 Å². The Hall–Kier alpha value is -2.15. The van der Waals surface area contributed by atoms with Gasteiger partial charge < -0.3 is 5.32 Å². The smallest absolute Gasteiger partial charge is 0.242 e. The molecular weight excluding hydrogens is 300 g/mol. The number of para-hydroxylation sites is 1. The lowest BCUT2D eigenvalue weighted by molar-refractivity contribution is -0.128. The van der Waals surface area contributed by atoms with Crippen LogP contribution in [-0.2, 0) is 9.59 Å². The van der Waals surface area contributed by atoms with Gasteiger partial charge >= 0.3 is 0 Å². The van der Waals surface area contributed by atoms with Crippen molar-refractivity contribution in [1.82, 2.24) is 4.90 Å². The summed E-state index contributed by atoms with van der Waals surface area (Å²) in [5.74, 6) is -0.237. The van der Waals surface area contributed by atoms with Crippen LogP contribution in [0.3, 0.4) is 0 Å². The summed E-state index contributed by atoms with van der Waals surface area (Å²) in [7, 11) is 0. The Morgan fingerprint density at radius 1 is 1.36 bits per heavy atom. The van der Waals surface area contributed by atoms with Gasteiger partial charge in [0.2, 0.25) is 11.8 Å². The van der Waals surface area contributed by atoms with Gasteiger partial charge in [0.25, 0.3) is 0 Å². The first kappa shape index (κ1) is 14.8. The third-order valence-corrected chi connectivity index (χ3v) is 4.61. The van der Waals surface area contributed by atoms with Crippen molar-refractivity contribution in [1.29, 1.82) is 0 Å². The van der Waals surface area contributed by atoms with E-state index >= 15 is 0 Å². The van der Waals surface area contributed by atoms with E-state index in [0.29, 0.717) is 5.17 Å². The van der Waals surface area contributed by atoms with Crippen LogP contribution >= 0.6 is 11.8 Å². The molecule has 0 bridgehead atoms. The standard InChI is InChI=1S/C15H16N4O2S/c1-16-18-15-19(11-7-8-11)14(21)12(22-15)9-13(20)17-10-5-3-2-4-6-10/h2-6,11-12H,1,7-9H2,(H,17,20). The number of nitrogens with one attached hydrogen (secondary N) is 1. The number of nitrogens with zero attached hydrogens (tertiary/aromatic N) is 3. The first-order valence-corrected chi connectivity index (χ1v) is 7.95. The number of carbonyl (C=O) groups is 2. The van der Waals surface area contributed by atoms with Crippen LogP contribution in [0.25, 0.3) is 0 Å². The van der Waals surface area contributed by atoms with Crippen LogP contribution in [0.4, 0.5) is 5.69 Å². The van der Waals surface area contributed by atoms with Gasteiger partial charge in [-0.05, 0) is 25.0 Å². The van der Waals surface area contributed by atoms with Gasteiger partial charge in [0.1, 0.15) is 5.25 Å². The van der Waals surface area contributed by atoms with E-state index in [1.807, 2.05) is 30.3 Å². The van der Waals surface area contributed by atoms with Crippen molar-refractivity contribution >= 4 is 41.1 Å². The van der Waals surface area contributed by atoms with Crippen molar-refractivity contribution in [3.8, 4) is 0 Å². The first-order chi connectivity index (χ1) is 10.7. The number of hydrogen-bond donors (Lipinski definition) is 1. The Morgan fingerprint density at radius 2 is 2.09 bits per heavy atom. The highest BCUT2D eigenvalue weighted by Crippen LogP contribution is 2.38. The van der Waals surface area contributed by atoms with Crippen molar-refractivity contribution in [3.05, 3.63) is 30.3 Å². The molecule has 114 valence electrons. The Balaban J connectivity index is 1.65. The molecule has 2 fully saturated rings. The van der Waals surface area contributed by atoms with Gasteiger partial charge in [-0.15, -0.1) is 5.10 Å². The quantitative estimate of drug-likeness (QED) is 0.668. The molecule has 1 heterocycles. The molecule has 0 radical (unpaired) electrons. The molecule has 6 nitrogen and oxygen atoms in total. The van der Waals surface area contributed by atoms with E-state index in [0.717, 1.165) is 18.5 Å². The lowest BCUT2D eigenvalue weighted by Crippen LogP contribution is -2.35. The van der Waals surface area contributed by atoms with Gasteiger partial charge in [0.15, 0.2) is 5.17 Å². The molecule has 0 spiro atoms. The van der Waals surface area contributed by atoms with E-state index in [9.17, 15) is 9.59 Å². The molecule has 2 aliphatic rings. The minimum absolute atomic E-state index is 0.0573. The monoisotopic (exact) mass is 316 g/mol. The fraction of sp³-hybridized carbons (Fsp3) is 0.333. The van der Waals surface area contributed by atoms with Crippen molar-refractivity contribution in [2.45, 2.75) is 30.6 Å². The fourth-order valence-electron chi connectivity index (χ4n) is 2.32. The number of amidine groups is 1. The second-order valence-corrected chi connectivity index (χ2v) is 6.36. The summed E-state index contributed by atoms with van der Waals surface area (Å²) in [5.41, 5.74) is 0.726. The molecule has 1 aromatic rings. The topological polar surface area (TPSA) is 74.1 Å². The minimum atomic E-state index is -0.440. The minimum Gasteiger partial charge on any atom is -0.326 e. The zero-order valence-electron chi connectivity index (χ0n) is 11.9. The number of benzene rings is 1. The Bertz CT molecular complexity index is 628. The van der Waals surface area contributed by atoms with Gasteiger partial charge in [-0.1, -0.05) is 30.0 Å². The normalized spacial score (nSPS) is 22.9. The molecule has 1 saturated carbocycles. The molecule has 7 heteroatoms. The molecule has 1 aliphatic heterocycles. The molecule has 0 aromatic heterocycles. The summed E-state index contributed by atoms with van der Waals surface area (Å²) < 4.78 is 0. The maximum absolute atomic E-state index is 12.4. The number of anilines is 1. The first-order valence-electron chi connectivity index (χ1n) is 7.07. The van der Waals surface area contributed by atoms with Crippen molar-refractivity contribution in [2.24, 2.45) is 10.2 Å². The highest BCUT2D eigenvalue weighted by atomic mass is 32.2. The van der Waals surface area contributed by atoms with Crippen molar-refractivity contribution in [3.63, 3.8) is 0 Å². The summed E-state index contributed by atoms with van der Waals surface area (Å²) >= 11 is 1.29. The van der Waals surface area contributed by atoms with Crippen LogP contribution in [0.5, 0.6) is 0 Å². The van der Waals surface area contributed by atoms with Crippen molar-refractivity contribution in [2.75, 3.05) is 5.32 Å². The second kappa shape index (κ2) is 6.31. The Kier molecular flexibility index (Phi) is 4.24. The third kappa shape index (κ3) is 3.19. The molecule has 1 N–H and O–H groups in total. The third-order valence-electron chi connectivity index (χ3n) is 3.46. The number of thioether (sulfide) groups is 1. The zero-order valence-corrected chi connectivity index (χ0v) is 12.8. The van der Waals surface area contributed by atoms with Crippen LogP contribution in [-0.4, -0.2) is 39.9 Å². The van der Waals surface area contributed by atoms with Crippen LogP contribution in [0.1, 0.15) is 19.3 Å². The van der Waals surface area contributed by atoms with E-state index in [1.54, 1.807) is 4.90 Å². The zero-order chi connectivity index (χ0) is 15.5. The largest absolute Gasteiger partial charge is 0.326 e. The van der Waals surface area contributed by atoms with Gasteiger partial charge in [0.05, 0.1) is 0 Å². The number of hydrogen-bond acceptors (Lipinski definition) is 5. The molecule has 3 rings (SSSR count). The van der Waals surface area contributed by atoms with Crippen molar-refractivity contribution < 1.29 is 9.59 Å². The van der Waals surface area contributed by atoms with Crippen LogP contribution in [0.15, 0.2) is 40.5 Å². The molecule has 2 amide bonds.